The van der Waals surface area contributed by atoms with Crippen molar-refractivity contribution in [2.24, 2.45) is 0 Å². The van der Waals surface area contributed by atoms with Gasteiger partial charge in [0, 0.05) is 12.7 Å². The zero-order valence-corrected chi connectivity index (χ0v) is 11.4. The summed E-state index contributed by atoms with van der Waals surface area (Å²) in [5.74, 6) is 0. The summed E-state index contributed by atoms with van der Waals surface area (Å²) in [4.78, 5) is 10.6. The Labute approximate surface area is 109 Å². The molecule has 0 aliphatic rings. The molecule has 0 heterocycles. The highest BCUT2D eigenvalue weighted by Gasteiger charge is 2.02. The molecule has 0 aromatic heterocycles. The maximum Gasteiger partial charge on any atom is 0.150 e. The summed E-state index contributed by atoms with van der Waals surface area (Å²) in [7, 11) is 0. The molecular weight excluding hydrogens is 402 g/mol. The second-order valence-corrected chi connectivity index (χ2v) is 5.28. The largest absolute Gasteiger partial charge is 0.298 e. The minimum Gasteiger partial charge on any atom is -0.298 e. The van der Waals surface area contributed by atoms with Crippen molar-refractivity contribution in [3.8, 4) is 0 Å². The number of hydrogen-bond acceptors (Lipinski definition) is 1. The van der Waals surface area contributed by atoms with Gasteiger partial charge in [-0.1, -0.05) is 12.1 Å². The molecule has 0 aliphatic heterocycles. The van der Waals surface area contributed by atoms with Crippen molar-refractivity contribution in [3.05, 3.63) is 43.0 Å². The highest BCUT2D eigenvalue weighted by molar-refractivity contribution is 14.1. The maximum absolute atomic E-state index is 10.6. The third-order valence-electron chi connectivity index (χ3n) is 2.07. The van der Waals surface area contributed by atoms with Crippen LogP contribution in [-0.4, -0.2) is 6.29 Å². The Kier molecular flexibility index (Phi) is 3.06. The fraction of sp³-hybridized carbons (Fsp3) is 0. The van der Waals surface area contributed by atoms with E-state index in [-0.39, 0.29) is 0 Å². The standard InChI is InChI=1S/C11H6I2O/c12-10-3-4-11(13)9-5-7(6-14)1-2-8(9)10/h1-6H. The van der Waals surface area contributed by atoms with E-state index in [1.807, 2.05) is 18.2 Å². The number of carbonyl (C=O) groups is 1. The number of benzene rings is 2. The number of rotatable bonds is 1. The third kappa shape index (κ3) is 1.79. The molecule has 0 aliphatic carbocycles. The minimum absolute atomic E-state index is 0.734. The summed E-state index contributed by atoms with van der Waals surface area (Å²) in [5.41, 5.74) is 0.734. The van der Waals surface area contributed by atoms with E-state index >= 15 is 0 Å². The average molecular weight is 408 g/mol. The van der Waals surface area contributed by atoms with Gasteiger partial charge >= 0.3 is 0 Å². The Balaban J connectivity index is 2.86. The number of fused-ring (bicyclic) bond motifs is 1. The molecule has 3 heteroatoms. The predicted octanol–water partition coefficient (Wildman–Crippen LogP) is 3.86. The third-order valence-corrected chi connectivity index (χ3v) is 3.95. The van der Waals surface area contributed by atoms with Gasteiger partial charge in [0.25, 0.3) is 0 Å². The summed E-state index contributed by atoms with van der Waals surface area (Å²) < 4.78 is 2.40. The molecule has 0 saturated heterocycles. The molecule has 0 amide bonds. The molecule has 0 saturated carbocycles. The summed E-state index contributed by atoms with van der Waals surface area (Å²) in [6.07, 6.45) is 0.884. The fourth-order valence-corrected chi connectivity index (χ4v) is 2.64. The van der Waals surface area contributed by atoms with E-state index in [1.165, 1.54) is 12.5 Å². The molecular formula is C11H6I2O. The number of carbonyl (C=O) groups excluding carboxylic acids is 1. The highest BCUT2D eigenvalue weighted by Crippen LogP contribution is 2.25. The van der Waals surface area contributed by atoms with Crippen molar-refractivity contribution in [1.82, 2.24) is 0 Å². The van der Waals surface area contributed by atoms with Crippen molar-refractivity contribution in [2.75, 3.05) is 0 Å². The molecule has 0 atom stereocenters. The highest BCUT2D eigenvalue weighted by atomic mass is 127. The Hall–Kier alpha value is -0.170. The van der Waals surface area contributed by atoms with Crippen LogP contribution >= 0.6 is 45.2 Å². The predicted molar refractivity (Wildman–Crippen MR) is 74.8 cm³/mol. The van der Waals surface area contributed by atoms with Gasteiger partial charge in [0.1, 0.15) is 6.29 Å². The summed E-state index contributed by atoms with van der Waals surface area (Å²) in [6.45, 7) is 0. The Morgan fingerprint density at radius 1 is 0.929 bits per heavy atom. The molecule has 0 N–H and O–H groups in total. The summed E-state index contributed by atoms with van der Waals surface area (Å²) >= 11 is 4.60. The molecule has 0 bridgehead atoms. The molecule has 1 nitrogen and oxygen atoms in total. The van der Waals surface area contributed by atoms with Gasteiger partial charge in [-0.2, -0.15) is 0 Å². The van der Waals surface area contributed by atoms with Gasteiger partial charge < -0.3 is 0 Å². The number of halogens is 2. The van der Waals surface area contributed by atoms with Gasteiger partial charge in [-0.15, -0.1) is 0 Å². The van der Waals surface area contributed by atoms with Gasteiger partial charge in [-0.3, -0.25) is 4.79 Å². The minimum atomic E-state index is 0.734. The van der Waals surface area contributed by atoms with Crippen LogP contribution in [-0.2, 0) is 0 Å². The molecule has 14 heavy (non-hydrogen) atoms. The van der Waals surface area contributed by atoms with Crippen LogP contribution in [0.2, 0.25) is 0 Å². The van der Waals surface area contributed by atoms with Gasteiger partial charge in [0.15, 0.2) is 0 Å². The van der Waals surface area contributed by atoms with Crippen LogP contribution < -0.4 is 0 Å². The second kappa shape index (κ2) is 4.14. The van der Waals surface area contributed by atoms with Crippen LogP contribution in [0.1, 0.15) is 10.4 Å². The van der Waals surface area contributed by atoms with Gasteiger partial charge in [-0.25, -0.2) is 0 Å². The zero-order valence-electron chi connectivity index (χ0n) is 7.13. The first-order chi connectivity index (χ1) is 6.72. The molecule has 70 valence electrons. The van der Waals surface area contributed by atoms with Gasteiger partial charge in [0.05, 0.1) is 0 Å². The van der Waals surface area contributed by atoms with Crippen molar-refractivity contribution in [2.45, 2.75) is 0 Å². The van der Waals surface area contributed by atoms with Crippen LogP contribution in [0.25, 0.3) is 10.8 Å². The van der Waals surface area contributed by atoms with Gasteiger partial charge in [-0.05, 0) is 74.2 Å². The first-order valence-electron chi connectivity index (χ1n) is 4.05. The van der Waals surface area contributed by atoms with Gasteiger partial charge in [0.2, 0.25) is 0 Å². The van der Waals surface area contributed by atoms with Crippen LogP contribution in [0.5, 0.6) is 0 Å². The Morgan fingerprint density at radius 3 is 2.21 bits per heavy atom. The first kappa shape index (κ1) is 10.4. The van der Waals surface area contributed by atoms with Crippen molar-refractivity contribution >= 4 is 62.2 Å². The molecule has 0 unspecified atom stereocenters. The lowest BCUT2D eigenvalue weighted by Gasteiger charge is -2.03. The lowest BCUT2D eigenvalue weighted by atomic mass is 10.1. The van der Waals surface area contributed by atoms with Crippen molar-refractivity contribution in [3.63, 3.8) is 0 Å². The Bertz CT molecular complexity index is 506. The summed E-state index contributed by atoms with van der Waals surface area (Å²) in [5, 5.41) is 2.37. The van der Waals surface area contributed by atoms with E-state index in [0.717, 1.165) is 17.2 Å². The quantitative estimate of drug-likeness (QED) is 0.518. The Morgan fingerprint density at radius 2 is 1.57 bits per heavy atom. The van der Waals surface area contributed by atoms with E-state index < -0.39 is 0 Å². The van der Waals surface area contributed by atoms with E-state index in [4.69, 9.17) is 0 Å². The van der Waals surface area contributed by atoms with E-state index in [0.29, 0.717) is 0 Å². The smallest absolute Gasteiger partial charge is 0.150 e. The van der Waals surface area contributed by atoms with Crippen molar-refractivity contribution in [1.29, 1.82) is 0 Å². The average Bonchev–Trinajstić information content (AvgIpc) is 2.23. The second-order valence-electron chi connectivity index (χ2n) is 2.95. The molecule has 0 radical (unpaired) electrons. The van der Waals surface area contributed by atoms with Crippen LogP contribution in [0.15, 0.2) is 30.3 Å². The van der Waals surface area contributed by atoms with Crippen molar-refractivity contribution < 1.29 is 4.79 Å². The SMILES string of the molecule is O=Cc1ccc2c(I)ccc(I)c2c1. The lowest BCUT2D eigenvalue weighted by Crippen LogP contribution is -1.85. The van der Waals surface area contributed by atoms with E-state index in [2.05, 4.69) is 57.3 Å². The first-order valence-corrected chi connectivity index (χ1v) is 6.21. The fourth-order valence-electron chi connectivity index (χ4n) is 1.37. The van der Waals surface area contributed by atoms with Crippen LogP contribution in [0, 0.1) is 7.14 Å². The molecule has 2 rings (SSSR count). The topological polar surface area (TPSA) is 17.1 Å². The van der Waals surface area contributed by atoms with E-state index in [1.54, 1.807) is 0 Å². The van der Waals surface area contributed by atoms with E-state index in [9.17, 15) is 4.79 Å². The van der Waals surface area contributed by atoms with Crippen LogP contribution in [0.4, 0.5) is 0 Å². The lowest BCUT2D eigenvalue weighted by molar-refractivity contribution is 0.112. The van der Waals surface area contributed by atoms with Crippen LogP contribution in [0.3, 0.4) is 0 Å². The normalized spacial score (nSPS) is 10.4. The zero-order chi connectivity index (χ0) is 10.1. The molecule has 0 spiro atoms. The monoisotopic (exact) mass is 408 g/mol. The maximum atomic E-state index is 10.6. The number of hydrogen-bond donors (Lipinski definition) is 0. The number of aldehydes is 1. The molecule has 2 aromatic rings. The molecule has 2 aromatic carbocycles. The molecule has 0 fully saturated rings. The summed E-state index contributed by atoms with van der Waals surface area (Å²) in [6, 6.07) is 9.95.